The molecule has 9 atom stereocenters. The van der Waals surface area contributed by atoms with Gasteiger partial charge in [-0.3, -0.25) is 24.0 Å². The molecule has 0 amide bonds. The van der Waals surface area contributed by atoms with E-state index in [9.17, 15) is 24.0 Å². The van der Waals surface area contributed by atoms with Crippen LogP contribution in [0.2, 0.25) is 0 Å². The van der Waals surface area contributed by atoms with Gasteiger partial charge in [0.2, 0.25) is 12.5 Å². The fourth-order valence-corrected chi connectivity index (χ4v) is 7.62. The summed E-state index contributed by atoms with van der Waals surface area (Å²) in [5, 5.41) is 0. The molecule has 57 heavy (non-hydrogen) atoms. The molecule has 0 bridgehead atoms. The number of carbonyl (C=O) groups excluding carboxylic acids is 5. The number of ether oxygens (including phenoxy) is 12. The molecule has 0 unspecified atom stereocenters. The highest BCUT2D eigenvalue weighted by Crippen LogP contribution is 2.57. The first-order valence-corrected chi connectivity index (χ1v) is 18.9. The van der Waals surface area contributed by atoms with Crippen molar-refractivity contribution >= 4 is 29.8 Å². The van der Waals surface area contributed by atoms with Crippen LogP contribution in [-0.4, -0.2) is 102 Å². The number of rotatable bonds is 15. The van der Waals surface area contributed by atoms with Gasteiger partial charge in [0, 0.05) is 37.5 Å². The van der Waals surface area contributed by atoms with Crippen LogP contribution < -0.4 is 23.7 Å². The normalized spacial score (nSPS) is 26.9. The molecule has 17 nitrogen and oxygen atoms in total. The summed E-state index contributed by atoms with van der Waals surface area (Å²) in [6.45, 7) is 5.78. The Balaban J connectivity index is 1.50. The molecule has 0 spiro atoms. The number of carbonyl (C=O) groups is 5. The maximum absolute atomic E-state index is 13.9. The molecule has 2 saturated heterocycles. The Morgan fingerprint density at radius 2 is 1.25 bits per heavy atom. The lowest BCUT2D eigenvalue weighted by molar-refractivity contribution is -0.323. The van der Waals surface area contributed by atoms with Crippen molar-refractivity contribution in [2.45, 2.75) is 96.1 Å². The van der Waals surface area contributed by atoms with E-state index in [2.05, 4.69) is 0 Å². The lowest BCUT2D eigenvalue weighted by Crippen LogP contribution is -2.63. The highest BCUT2D eigenvalue weighted by atomic mass is 16.7. The minimum atomic E-state index is -1.53. The molecule has 310 valence electrons. The fourth-order valence-electron chi connectivity index (χ4n) is 7.62. The molecule has 3 aliphatic heterocycles. The number of cyclic esters (lactones) is 1. The summed E-state index contributed by atoms with van der Waals surface area (Å²) in [4.78, 5) is 65.1. The molecule has 17 heteroatoms. The van der Waals surface area contributed by atoms with Crippen molar-refractivity contribution in [3.63, 3.8) is 0 Å². The van der Waals surface area contributed by atoms with Crippen molar-refractivity contribution in [3.8, 4) is 28.7 Å². The second-order valence-corrected chi connectivity index (χ2v) is 13.7. The molecule has 3 heterocycles. The monoisotopic (exact) mass is 800 g/mol. The first-order valence-electron chi connectivity index (χ1n) is 18.9. The zero-order valence-corrected chi connectivity index (χ0v) is 32.9. The van der Waals surface area contributed by atoms with E-state index >= 15 is 0 Å². The maximum atomic E-state index is 13.9. The van der Waals surface area contributed by atoms with Crippen LogP contribution in [0.5, 0.6) is 28.7 Å². The molecule has 0 radical (unpaired) electrons. The molecule has 4 aliphatic rings. The third-order valence-corrected chi connectivity index (χ3v) is 10.4. The average Bonchev–Trinajstić information content (AvgIpc) is 3.85. The SMILES string of the molecule is CCC(=O)OC[C@@H]1O[C@@H](O[C@@H]2c3cc4c(cc3[C@H](c3cc(OC)c(OC)c(OC)c3)[C@H]3C(=O)OC[C@@H]32)OCO4)[C@@H](OC(=O)CC)[C@@H](OC(=O)CC)[C@H]1OC(=O)CC. The van der Waals surface area contributed by atoms with Gasteiger partial charge in [-0.2, -0.15) is 0 Å². The third-order valence-electron chi connectivity index (χ3n) is 10.4. The van der Waals surface area contributed by atoms with E-state index in [-0.39, 0.29) is 39.1 Å². The van der Waals surface area contributed by atoms with E-state index in [0.29, 0.717) is 45.4 Å². The van der Waals surface area contributed by atoms with Gasteiger partial charge in [0.25, 0.3) is 0 Å². The number of esters is 5. The van der Waals surface area contributed by atoms with E-state index < -0.39 is 91.0 Å². The third kappa shape index (κ3) is 8.26. The van der Waals surface area contributed by atoms with E-state index in [4.69, 9.17) is 56.8 Å². The Bertz CT molecular complexity index is 1820. The lowest BCUT2D eigenvalue weighted by atomic mass is 9.66. The molecule has 6 rings (SSSR count). The predicted molar refractivity (Wildman–Crippen MR) is 193 cm³/mol. The molecule has 0 aromatic heterocycles. The molecule has 2 fully saturated rings. The first kappa shape index (κ1) is 41.3. The average molecular weight is 801 g/mol. The predicted octanol–water partition coefficient (Wildman–Crippen LogP) is 4.08. The summed E-state index contributed by atoms with van der Waals surface area (Å²) in [5.74, 6) is -3.37. The van der Waals surface area contributed by atoms with Gasteiger partial charge in [-0.25, -0.2) is 0 Å². The number of methoxy groups -OCH3 is 3. The number of hydrogen-bond acceptors (Lipinski definition) is 17. The van der Waals surface area contributed by atoms with Gasteiger partial charge >= 0.3 is 29.8 Å². The van der Waals surface area contributed by atoms with Crippen LogP contribution in [0.15, 0.2) is 24.3 Å². The van der Waals surface area contributed by atoms with Gasteiger partial charge < -0.3 is 56.8 Å². The quantitative estimate of drug-likeness (QED) is 0.184. The van der Waals surface area contributed by atoms with Gasteiger partial charge in [0.1, 0.15) is 12.7 Å². The minimum Gasteiger partial charge on any atom is -0.493 e. The minimum absolute atomic E-state index is 0.0379. The second-order valence-electron chi connectivity index (χ2n) is 13.7. The van der Waals surface area contributed by atoms with Crippen molar-refractivity contribution in [3.05, 3.63) is 41.0 Å². The van der Waals surface area contributed by atoms with Gasteiger partial charge in [0.15, 0.2) is 47.6 Å². The summed E-state index contributed by atoms with van der Waals surface area (Å²) in [7, 11) is 4.47. The zero-order chi connectivity index (χ0) is 41.0. The summed E-state index contributed by atoms with van der Waals surface area (Å²) in [6.07, 6.45) is -8.29. The Morgan fingerprint density at radius 1 is 0.684 bits per heavy atom. The zero-order valence-electron chi connectivity index (χ0n) is 32.9. The number of fused-ring (bicyclic) bond motifs is 3. The van der Waals surface area contributed by atoms with Crippen molar-refractivity contribution in [1.82, 2.24) is 0 Å². The van der Waals surface area contributed by atoms with Crippen LogP contribution in [0, 0.1) is 11.8 Å². The van der Waals surface area contributed by atoms with Crippen LogP contribution in [0.4, 0.5) is 0 Å². The Kier molecular flexibility index (Phi) is 13.0. The van der Waals surface area contributed by atoms with Gasteiger partial charge in [0.05, 0.1) is 40.0 Å². The standard InChI is InChI=1S/C40H48O17/c1-8-28(41)49-17-27-36(54-29(42)9-2)37(55-30(43)10-3)38(56-31(44)11-4)40(53-27)57-34-21-15-24-23(51-18-52-24)14-20(21)32(33-22(34)16-50-39(33)45)19-12-25(46-5)35(48-7)26(13-19)47-6/h12-15,22,27,32-34,36-38,40H,8-11,16-18H2,1-7H3/t22-,27-,32-,33-,34+,36-,37-,38-,40-/m0/s1. The van der Waals surface area contributed by atoms with Gasteiger partial charge in [-0.1, -0.05) is 27.7 Å². The van der Waals surface area contributed by atoms with Gasteiger partial charge in [-0.05, 0) is 41.0 Å². The second kappa shape index (κ2) is 17.9. The largest absolute Gasteiger partial charge is 0.493 e. The van der Waals surface area contributed by atoms with Crippen LogP contribution in [0.1, 0.15) is 82.1 Å². The first-order chi connectivity index (χ1) is 27.5. The van der Waals surface area contributed by atoms with E-state index in [1.54, 1.807) is 52.0 Å². The lowest BCUT2D eigenvalue weighted by Gasteiger charge is -2.47. The molecular weight excluding hydrogens is 752 g/mol. The maximum Gasteiger partial charge on any atom is 0.310 e. The van der Waals surface area contributed by atoms with E-state index in [0.717, 1.165) is 0 Å². The van der Waals surface area contributed by atoms with Gasteiger partial charge in [-0.15, -0.1) is 0 Å². The van der Waals surface area contributed by atoms with Crippen molar-refractivity contribution in [2.24, 2.45) is 11.8 Å². The van der Waals surface area contributed by atoms with Crippen LogP contribution in [0.25, 0.3) is 0 Å². The highest BCUT2D eigenvalue weighted by Gasteiger charge is 2.58. The summed E-state index contributed by atoms with van der Waals surface area (Å²) in [5.41, 5.74) is 1.83. The highest BCUT2D eigenvalue weighted by molar-refractivity contribution is 5.79. The van der Waals surface area contributed by atoms with Crippen molar-refractivity contribution in [2.75, 3.05) is 41.3 Å². The Labute approximate surface area is 329 Å². The summed E-state index contributed by atoms with van der Waals surface area (Å²) >= 11 is 0. The Hall–Kier alpha value is -5.29. The number of hydrogen-bond donors (Lipinski definition) is 0. The topological polar surface area (TPSA) is 196 Å². The fraction of sp³-hybridized carbons (Fsp3) is 0.575. The molecule has 0 N–H and O–H groups in total. The molecule has 0 saturated carbocycles. The number of benzene rings is 2. The van der Waals surface area contributed by atoms with Crippen LogP contribution >= 0.6 is 0 Å². The van der Waals surface area contributed by atoms with Crippen LogP contribution in [-0.2, 0) is 57.1 Å². The summed E-state index contributed by atoms with van der Waals surface area (Å²) in [6, 6.07) is 7.06. The van der Waals surface area contributed by atoms with Crippen LogP contribution in [0.3, 0.4) is 0 Å². The molecular formula is C40H48O17. The Morgan fingerprint density at radius 3 is 1.81 bits per heavy atom. The molecule has 1 aliphatic carbocycles. The molecule has 2 aromatic rings. The van der Waals surface area contributed by atoms with E-state index in [1.807, 2.05) is 0 Å². The molecule has 2 aromatic carbocycles. The summed E-state index contributed by atoms with van der Waals surface area (Å²) < 4.78 is 70.6. The smallest absolute Gasteiger partial charge is 0.310 e. The van der Waals surface area contributed by atoms with Crippen molar-refractivity contribution < 1.29 is 80.8 Å². The van der Waals surface area contributed by atoms with Crippen molar-refractivity contribution in [1.29, 1.82) is 0 Å². The van der Waals surface area contributed by atoms with E-state index in [1.165, 1.54) is 21.3 Å².